The minimum Gasteiger partial charge on any atom is -0.391 e. The van der Waals surface area contributed by atoms with Gasteiger partial charge in [-0.25, -0.2) is 4.98 Å². The summed E-state index contributed by atoms with van der Waals surface area (Å²) >= 11 is 1.70. The van der Waals surface area contributed by atoms with E-state index in [2.05, 4.69) is 16.3 Å². The van der Waals surface area contributed by atoms with Crippen LogP contribution in [0.4, 0.5) is 5.95 Å². The molecule has 1 aromatic carbocycles. The number of β-amino-alcohol motifs (C(OH)–C–C–N with tert-alkyl or cyclic N) is 1. The van der Waals surface area contributed by atoms with Gasteiger partial charge in [0.05, 0.1) is 17.1 Å². The second kappa shape index (κ2) is 7.09. The quantitative estimate of drug-likeness (QED) is 0.722. The van der Waals surface area contributed by atoms with Gasteiger partial charge >= 0.3 is 0 Å². The normalized spacial score (nSPS) is 17.2. The van der Waals surface area contributed by atoms with Crippen LogP contribution in [0.25, 0.3) is 11.0 Å². The predicted octanol–water partition coefficient (Wildman–Crippen LogP) is 2.18. The van der Waals surface area contributed by atoms with Crippen molar-refractivity contribution in [2.75, 3.05) is 24.5 Å². The van der Waals surface area contributed by atoms with Crippen LogP contribution < -0.4 is 10.2 Å². The molecule has 26 heavy (non-hydrogen) atoms. The van der Waals surface area contributed by atoms with Crippen molar-refractivity contribution in [1.29, 1.82) is 0 Å². The highest BCUT2D eigenvalue weighted by atomic mass is 32.1. The number of nitrogens with one attached hydrogen (secondary N) is 1. The van der Waals surface area contributed by atoms with E-state index in [9.17, 15) is 9.90 Å². The molecule has 1 fully saturated rings. The molecule has 4 rings (SSSR count). The number of aliphatic hydroxyl groups excluding tert-OH is 1. The van der Waals surface area contributed by atoms with E-state index in [-0.39, 0.29) is 12.0 Å². The fourth-order valence-electron chi connectivity index (χ4n) is 3.39. The number of aliphatic hydroxyl groups is 1. The maximum Gasteiger partial charge on any atom is 0.251 e. The molecule has 1 aliphatic heterocycles. The van der Waals surface area contributed by atoms with Crippen molar-refractivity contribution >= 4 is 34.2 Å². The van der Waals surface area contributed by atoms with Gasteiger partial charge in [-0.1, -0.05) is 6.07 Å². The van der Waals surface area contributed by atoms with E-state index in [4.69, 9.17) is 4.98 Å². The van der Waals surface area contributed by atoms with Gasteiger partial charge in [0.25, 0.3) is 5.91 Å². The Balaban J connectivity index is 1.49. The van der Waals surface area contributed by atoms with Gasteiger partial charge in [-0.15, -0.1) is 11.3 Å². The molecule has 0 saturated carbocycles. The number of rotatable bonds is 5. The Morgan fingerprint density at radius 3 is 3.04 bits per heavy atom. The average Bonchev–Trinajstić information content (AvgIpc) is 3.36. The van der Waals surface area contributed by atoms with Crippen LogP contribution in [-0.4, -0.2) is 46.3 Å². The fraction of sp³-hybridized carbons (Fsp3) is 0.368. The summed E-state index contributed by atoms with van der Waals surface area (Å²) in [4.78, 5) is 20.5. The zero-order valence-electron chi connectivity index (χ0n) is 14.7. The highest BCUT2D eigenvalue weighted by molar-refractivity contribution is 7.09. The van der Waals surface area contributed by atoms with Gasteiger partial charge in [-0.2, -0.15) is 0 Å². The number of aryl methyl sites for hydroxylation is 1. The maximum atomic E-state index is 12.4. The SMILES string of the molecule is Cn1c(N2CCC(O)C2)nc2cc(C(=O)NCCc3cccs3)ccc21. The molecule has 2 aromatic heterocycles. The molecule has 7 heteroatoms. The second-order valence-electron chi connectivity index (χ2n) is 6.65. The Morgan fingerprint density at radius 2 is 2.31 bits per heavy atom. The molecule has 1 amide bonds. The van der Waals surface area contributed by atoms with Crippen LogP contribution in [0.15, 0.2) is 35.7 Å². The van der Waals surface area contributed by atoms with Gasteiger partial charge in [0.15, 0.2) is 0 Å². The first-order chi connectivity index (χ1) is 12.6. The number of aromatic nitrogens is 2. The number of benzene rings is 1. The minimum absolute atomic E-state index is 0.0766. The Morgan fingerprint density at radius 1 is 1.42 bits per heavy atom. The lowest BCUT2D eigenvalue weighted by atomic mass is 10.2. The molecule has 0 radical (unpaired) electrons. The van der Waals surface area contributed by atoms with Gasteiger partial charge in [-0.3, -0.25) is 4.79 Å². The molecule has 136 valence electrons. The van der Waals surface area contributed by atoms with Crippen LogP contribution in [0, 0.1) is 0 Å². The summed E-state index contributed by atoms with van der Waals surface area (Å²) < 4.78 is 2.02. The second-order valence-corrected chi connectivity index (χ2v) is 7.68. The van der Waals surface area contributed by atoms with E-state index in [1.165, 1.54) is 4.88 Å². The van der Waals surface area contributed by atoms with Crippen molar-refractivity contribution < 1.29 is 9.90 Å². The summed E-state index contributed by atoms with van der Waals surface area (Å²) in [6, 6.07) is 9.72. The number of anilines is 1. The number of carbonyl (C=O) groups is 1. The van der Waals surface area contributed by atoms with Crippen LogP contribution in [0.1, 0.15) is 21.7 Å². The molecule has 3 heterocycles. The van der Waals surface area contributed by atoms with Gasteiger partial charge < -0.3 is 19.9 Å². The van der Waals surface area contributed by atoms with Gasteiger partial charge in [-0.05, 0) is 42.5 Å². The molecule has 6 nitrogen and oxygen atoms in total. The van der Waals surface area contributed by atoms with Crippen molar-refractivity contribution in [2.45, 2.75) is 18.9 Å². The number of thiophene rings is 1. The first kappa shape index (κ1) is 17.1. The summed E-state index contributed by atoms with van der Waals surface area (Å²) in [6.45, 7) is 2.03. The Labute approximate surface area is 156 Å². The topological polar surface area (TPSA) is 70.4 Å². The number of nitrogens with zero attached hydrogens (tertiary/aromatic N) is 3. The lowest BCUT2D eigenvalue weighted by Crippen LogP contribution is -2.25. The first-order valence-electron chi connectivity index (χ1n) is 8.82. The van der Waals surface area contributed by atoms with Crippen molar-refractivity contribution in [1.82, 2.24) is 14.9 Å². The molecular weight excluding hydrogens is 348 g/mol. The molecule has 3 aromatic rings. The zero-order valence-corrected chi connectivity index (χ0v) is 15.5. The number of carbonyl (C=O) groups excluding carboxylic acids is 1. The van der Waals surface area contributed by atoms with E-state index >= 15 is 0 Å². The summed E-state index contributed by atoms with van der Waals surface area (Å²) in [5, 5.41) is 14.8. The highest BCUT2D eigenvalue weighted by Gasteiger charge is 2.24. The molecular formula is C19H22N4O2S. The number of fused-ring (bicyclic) bond motifs is 1. The highest BCUT2D eigenvalue weighted by Crippen LogP contribution is 2.25. The van der Waals surface area contributed by atoms with Crippen molar-refractivity contribution in [2.24, 2.45) is 7.05 Å². The lowest BCUT2D eigenvalue weighted by molar-refractivity contribution is 0.0954. The van der Waals surface area contributed by atoms with Crippen LogP contribution in [-0.2, 0) is 13.5 Å². The third kappa shape index (κ3) is 3.32. The lowest BCUT2D eigenvalue weighted by Gasteiger charge is -2.16. The van der Waals surface area contributed by atoms with Gasteiger partial charge in [0, 0.05) is 37.1 Å². The van der Waals surface area contributed by atoms with Crippen molar-refractivity contribution in [3.8, 4) is 0 Å². The van der Waals surface area contributed by atoms with E-state index < -0.39 is 0 Å². The average molecular weight is 370 g/mol. The van der Waals surface area contributed by atoms with Crippen molar-refractivity contribution in [3.63, 3.8) is 0 Å². The number of imidazole rings is 1. The predicted molar refractivity (Wildman–Crippen MR) is 104 cm³/mol. The summed E-state index contributed by atoms with van der Waals surface area (Å²) in [5.41, 5.74) is 2.40. The van der Waals surface area contributed by atoms with Crippen LogP contribution in [0.5, 0.6) is 0 Å². The fourth-order valence-corrected chi connectivity index (χ4v) is 4.10. The van der Waals surface area contributed by atoms with Gasteiger partial charge in [0.1, 0.15) is 0 Å². The third-order valence-corrected chi connectivity index (χ3v) is 5.74. The molecule has 0 spiro atoms. The van der Waals surface area contributed by atoms with Crippen LogP contribution in [0.3, 0.4) is 0 Å². The summed E-state index contributed by atoms with van der Waals surface area (Å²) in [6.07, 6.45) is 1.32. The third-order valence-electron chi connectivity index (χ3n) is 4.80. The van der Waals surface area contributed by atoms with Crippen LogP contribution >= 0.6 is 11.3 Å². The monoisotopic (exact) mass is 370 g/mol. The zero-order chi connectivity index (χ0) is 18.1. The molecule has 1 unspecified atom stereocenters. The first-order valence-corrected chi connectivity index (χ1v) is 9.70. The number of amides is 1. The van der Waals surface area contributed by atoms with Crippen LogP contribution in [0.2, 0.25) is 0 Å². The minimum atomic E-state index is -0.292. The summed E-state index contributed by atoms with van der Waals surface area (Å²) in [7, 11) is 1.97. The van der Waals surface area contributed by atoms with E-state index in [1.807, 2.05) is 41.3 Å². The molecule has 1 saturated heterocycles. The Kier molecular flexibility index (Phi) is 4.65. The summed E-state index contributed by atoms with van der Waals surface area (Å²) in [5.74, 6) is 0.763. The number of hydrogen-bond donors (Lipinski definition) is 2. The molecule has 0 bridgehead atoms. The van der Waals surface area contributed by atoms with Gasteiger partial charge in [0.2, 0.25) is 5.95 Å². The standard InChI is InChI=1S/C19H22N4O2S/c1-22-17-5-4-13(18(25)20-8-6-15-3-2-10-26-15)11-16(17)21-19(22)23-9-7-14(24)12-23/h2-5,10-11,14,24H,6-9,12H2,1H3,(H,20,25). The number of hydrogen-bond acceptors (Lipinski definition) is 5. The van der Waals surface area contributed by atoms with E-state index in [1.54, 1.807) is 11.3 Å². The molecule has 2 N–H and O–H groups in total. The smallest absolute Gasteiger partial charge is 0.251 e. The Hall–Kier alpha value is -2.38. The molecule has 1 atom stereocenters. The molecule has 1 aliphatic rings. The molecule has 0 aliphatic carbocycles. The van der Waals surface area contributed by atoms with E-state index in [0.717, 1.165) is 36.4 Å². The Bertz CT molecular complexity index is 919. The largest absolute Gasteiger partial charge is 0.391 e. The van der Waals surface area contributed by atoms with E-state index in [0.29, 0.717) is 18.7 Å². The van der Waals surface area contributed by atoms with Crippen molar-refractivity contribution in [3.05, 3.63) is 46.2 Å². The maximum absolute atomic E-state index is 12.4.